The lowest BCUT2D eigenvalue weighted by Gasteiger charge is -2.08. The van der Waals surface area contributed by atoms with Crippen molar-refractivity contribution >= 4 is 11.6 Å². The fourth-order valence-corrected chi connectivity index (χ4v) is 1.77. The van der Waals surface area contributed by atoms with Crippen LogP contribution in [-0.4, -0.2) is 7.11 Å². The van der Waals surface area contributed by atoms with Gasteiger partial charge < -0.3 is 9.47 Å². The van der Waals surface area contributed by atoms with E-state index in [2.05, 4.69) is 0 Å². The summed E-state index contributed by atoms with van der Waals surface area (Å²) in [6.45, 7) is 0.537. The molecule has 0 fully saturated rings. The molecular formula is C15H15ClO2. The second-order valence-corrected chi connectivity index (χ2v) is 4.19. The number of benzene rings is 2. The molecule has 0 saturated carbocycles. The van der Waals surface area contributed by atoms with Crippen LogP contribution in [0.5, 0.6) is 11.5 Å². The lowest BCUT2D eigenvalue weighted by atomic mass is 10.2. The summed E-state index contributed by atoms with van der Waals surface area (Å²) in [5.74, 6) is 2.19. The van der Waals surface area contributed by atoms with Crippen LogP contribution in [0.3, 0.4) is 0 Å². The fourth-order valence-electron chi connectivity index (χ4n) is 1.61. The van der Waals surface area contributed by atoms with Crippen LogP contribution in [0.1, 0.15) is 11.1 Å². The number of rotatable bonds is 5. The maximum atomic E-state index is 5.78. The summed E-state index contributed by atoms with van der Waals surface area (Å²) in [6.07, 6.45) is 0. The summed E-state index contributed by atoms with van der Waals surface area (Å²) in [6, 6.07) is 15.6. The number of methoxy groups -OCH3 is 1. The zero-order valence-electron chi connectivity index (χ0n) is 10.2. The molecule has 0 radical (unpaired) electrons. The van der Waals surface area contributed by atoms with Crippen molar-refractivity contribution in [2.24, 2.45) is 0 Å². The van der Waals surface area contributed by atoms with Crippen LogP contribution in [0, 0.1) is 0 Å². The van der Waals surface area contributed by atoms with E-state index in [-0.39, 0.29) is 0 Å². The highest BCUT2D eigenvalue weighted by molar-refractivity contribution is 6.17. The molecule has 0 spiro atoms. The average molecular weight is 263 g/mol. The molecule has 0 saturated heterocycles. The molecule has 0 aliphatic carbocycles. The highest BCUT2D eigenvalue weighted by Gasteiger charge is 1.98. The average Bonchev–Trinajstić information content (AvgIpc) is 2.46. The predicted molar refractivity (Wildman–Crippen MR) is 73.3 cm³/mol. The number of hydrogen-bond acceptors (Lipinski definition) is 2. The first-order valence-corrected chi connectivity index (χ1v) is 6.26. The van der Waals surface area contributed by atoms with E-state index < -0.39 is 0 Å². The van der Waals surface area contributed by atoms with Crippen LogP contribution in [0.15, 0.2) is 48.5 Å². The molecule has 0 atom stereocenters. The lowest BCUT2D eigenvalue weighted by Crippen LogP contribution is -1.95. The number of alkyl halides is 1. The van der Waals surface area contributed by atoms with Crippen molar-refractivity contribution in [2.75, 3.05) is 7.11 Å². The van der Waals surface area contributed by atoms with Crippen LogP contribution < -0.4 is 9.47 Å². The summed E-state index contributed by atoms with van der Waals surface area (Å²) in [5, 5.41) is 0. The Morgan fingerprint density at radius 2 is 1.72 bits per heavy atom. The summed E-state index contributed by atoms with van der Waals surface area (Å²) >= 11 is 5.78. The Kier molecular flexibility index (Phi) is 4.48. The maximum absolute atomic E-state index is 5.78. The van der Waals surface area contributed by atoms with E-state index in [0.717, 1.165) is 22.6 Å². The third kappa shape index (κ3) is 3.41. The smallest absolute Gasteiger partial charge is 0.120 e. The molecule has 2 aromatic rings. The summed E-state index contributed by atoms with van der Waals surface area (Å²) in [7, 11) is 1.66. The summed E-state index contributed by atoms with van der Waals surface area (Å²) in [5.41, 5.74) is 2.16. The second-order valence-electron chi connectivity index (χ2n) is 3.92. The summed E-state index contributed by atoms with van der Waals surface area (Å²) in [4.78, 5) is 0. The minimum Gasteiger partial charge on any atom is -0.497 e. The van der Waals surface area contributed by atoms with Gasteiger partial charge in [0.05, 0.1) is 7.11 Å². The van der Waals surface area contributed by atoms with E-state index in [1.54, 1.807) is 7.11 Å². The van der Waals surface area contributed by atoms with E-state index >= 15 is 0 Å². The second kappa shape index (κ2) is 6.31. The molecule has 18 heavy (non-hydrogen) atoms. The van der Waals surface area contributed by atoms with Gasteiger partial charge in [-0.2, -0.15) is 0 Å². The zero-order chi connectivity index (χ0) is 12.8. The monoisotopic (exact) mass is 262 g/mol. The largest absolute Gasteiger partial charge is 0.497 e. The Morgan fingerprint density at radius 3 is 2.39 bits per heavy atom. The molecule has 0 aliphatic rings. The van der Waals surface area contributed by atoms with E-state index in [4.69, 9.17) is 21.1 Å². The van der Waals surface area contributed by atoms with Gasteiger partial charge in [-0.3, -0.25) is 0 Å². The van der Waals surface area contributed by atoms with Crippen molar-refractivity contribution in [1.82, 2.24) is 0 Å². The van der Waals surface area contributed by atoms with Gasteiger partial charge in [-0.1, -0.05) is 24.3 Å². The first-order chi connectivity index (χ1) is 8.81. The van der Waals surface area contributed by atoms with Crippen molar-refractivity contribution in [1.29, 1.82) is 0 Å². The first-order valence-electron chi connectivity index (χ1n) is 5.72. The van der Waals surface area contributed by atoms with Gasteiger partial charge in [0.25, 0.3) is 0 Å². The van der Waals surface area contributed by atoms with E-state index in [1.807, 2.05) is 48.5 Å². The van der Waals surface area contributed by atoms with Gasteiger partial charge in [0, 0.05) is 5.88 Å². The van der Waals surface area contributed by atoms with Crippen molar-refractivity contribution in [3.8, 4) is 11.5 Å². The minimum absolute atomic E-state index is 0.500. The van der Waals surface area contributed by atoms with Gasteiger partial charge in [-0.15, -0.1) is 11.6 Å². The van der Waals surface area contributed by atoms with Crippen molar-refractivity contribution < 1.29 is 9.47 Å². The Morgan fingerprint density at radius 1 is 0.944 bits per heavy atom. The van der Waals surface area contributed by atoms with Crippen LogP contribution in [0.2, 0.25) is 0 Å². The van der Waals surface area contributed by atoms with Gasteiger partial charge in [0.2, 0.25) is 0 Å². The van der Waals surface area contributed by atoms with Gasteiger partial charge in [-0.25, -0.2) is 0 Å². The predicted octanol–water partition coefficient (Wildman–Crippen LogP) is 4.01. The SMILES string of the molecule is COc1ccc(COc2cccc(CCl)c2)cc1. The molecule has 0 aromatic heterocycles. The summed E-state index contributed by atoms with van der Waals surface area (Å²) < 4.78 is 10.8. The Hall–Kier alpha value is -1.67. The molecule has 0 heterocycles. The van der Waals surface area contributed by atoms with Crippen molar-refractivity contribution in [3.05, 3.63) is 59.7 Å². The fraction of sp³-hybridized carbons (Fsp3) is 0.200. The van der Waals surface area contributed by atoms with Gasteiger partial charge >= 0.3 is 0 Å². The van der Waals surface area contributed by atoms with Crippen LogP contribution in [0.4, 0.5) is 0 Å². The molecule has 3 heteroatoms. The maximum Gasteiger partial charge on any atom is 0.120 e. The third-order valence-corrected chi connectivity index (χ3v) is 2.93. The van der Waals surface area contributed by atoms with Gasteiger partial charge in [-0.05, 0) is 35.4 Å². The van der Waals surface area contributed by atoms with Crippen LogP contribution in [-0.2, 0) is 12.5 Å². The Labute approximate surface area is 112 Å². The lowest BCUT2D eigenvalue weighted by molar-refractivity contribution is 0.305. The molecule has 0 amide bonds. The minimum atomic E-state index is 0.500. The zero-order valence-corrected chi connectivity index (χ0v) is 11.0. The Balaban J connectivity index is 1.97. The standard InChI is InChI=1S/C15H15ClO2/c1-17-14-7-5-12(6-8-14)11-18-15-4-2-3-13(9-15)10-16/h2-9H,10-11H2,1H3. The number of ether oxygens (including phenoxy) is 2. The molecule has 2 rings (SSSR count). The van der Waals surface area contributed by atoms with Crippen LogP contribution >= 0.6 is 11.6 Å². The van der Waals surface area contributed by atoms with Crippen LogP contribution in [0.25, 0.3) is 0 Å². The topological polar surface area (TPSA) is 18.5 Å². The normalized spacial score (nSPS) is 10.1. The van der Waals surface area contributed by atoms with E-state index in [0.29, 0.717) is 12.5 Å². The highest BCUT2D eigenvalue weighted by Crippen LogP contribution is 2.17. The first kappa shape index (κ1) is 12.8. The molecule has 2 nitrogen and oxygen atoms in total. The number of halogens is 1. The molecule has 94 valence electrons. The van der Waals surface area contributed by atoms with Gasteiger partial charge in [0.1, 0.15) is 18.1 Å². The molecular weight excluding hydrogens is 248 g/mol. The third-order valence-electron chi connectivity index (χ3n) is 2.62. The molecule has 0 bridgehead atoms. The van der Waals surface area contributed by atoms with E-state index in [1.165, 1.54) is 0 Å². The highest BCUT2D eigenvalue weighted by atomic mass is 35.5. The molecule has 0 aliphatic heterocycles. The number of hydrogen-bond donors (Lipinski definition) is 0. The molecule has 0 N–H and O–H groups in total. The van der Waals surface area contributed by atoms with E-state index in [9.17, 15) is 0 Å². The van der Waals surface area contributed by atoms with Gasteiger partial charge in [0.15, 0.2) is 0 Å². The van der Waals surface area contributed by atoms with Crippen molar-refractivity contribution in [2.45, 2.75) is 12.5 Å². The molecule has 0 unspecified atom stereocenters. The van der Waals surface area contributed by atoms with Crippen molar-refractivity contribution in [3.63, 3.8) is 0 Å². The quantitative estimate of drug-likeness (QED) is 0.758. The molecule has 2 aromatic carbocycles. The Bertz CT molecular complexity index is 494.